The van der Waals surface area contributed by atoms with Gasteiger partial charge in [0, 0.05) is 5.56 Å². The summed E-state index contributed by atoms with van der Waals surface area (Å²) in [6.07, 6.45) is 0.784. The van der Waals surface area contributed by atoms with Gasteiger partial charge in [-0.25, -0.2) is 0 Å². The average Bonchev–Trinajstić information content (AvgIpc) is 2.26. The van der Waals surface area contributed by atoms with Gasteiger partial charge in [0.15, 0.2) is 0 Å². The summed E-state index contributed by atoms with van der Waals surface area (Å²) in [6.45, 7) is 1.78. The fourth-order valence-corrected chi connectivity index (χ4v) is 0.993. The third-order valence-corrected chi connectivity index (χ3v) is 1.78. The predicted molar refractivity (Wildman–Crippen MR) is 59.9 cm³/mol. The topological polar surface area (TPSA) is 93.8 Å². The first-order valence-electron chi connectivity index (χ1n) is 4.32. The lowest BCUT2D eigenvalue weighted by atomic mass is 10.1. The van der Waals surface area contributed by atoms with Crippen molar-refractivity contribution < 1.29 is 4.79 Å². The largest absolute Gasteiger partial charge is 0.369 e. The van der Waals surface area contributed by atoms with E-state index in [1.807, 2.05) is 0 Å². The van der Waals surface area contributed by atoms with E-state index in [0.717, 1.165) is 11.8 Å². The molecule has 0 aliphatic heterocycles. The molecular weight excluding hydrogens is 192 g/mol. The number of carbonyl (C=O) groups is 1. The van der Waals surface area contributed by atoms with Crippen molar-refractivity contribution in [1.82, 2.24) is 0 Å². The van der Waals surface area contributed by atoms with E-state index in [1.165, 1.54) is 0 Å². The maximum Gasteiger partial charge on any atom is 0.211 e. The standard InChI is InChI=1S/C10H12N4O/c1-7(13-14-10(11)12)9-4-2-8(6-15)3-5-9/h2-6H,1H3,(H4,11,12,14)/b13-7-. The molecule has 0 fully saturated rings. The van der Waals surface area contributed by atoms with Crippen molar-refractivity contribution in [3.63, 3.8) is 0 Å². The van der Waals surface area contributed by atoms with Crippen LogP contribution in [-0.4, -0.2) is 18.0 Å². The number of benzene rings is 1. The van der Waals surface area contributed by atoms with Crippen molar-refractivity contribution in [3.05, 3.63) is 35.4 Å². The Morgan fingerprint density at radius 3 is 2.27 bits per heavy atom. The summed E-state index contributed by atoms with van der Waals surface area (Å²) in [4.78, 5) is 10.4. The Morgan fingerprint density at radius 1 is 1.20 bits per heavy atom. The molecule has 78 valence electrons. The Balaban J connectivity index is 2.91. The van der Waals surface area contributed by atoms with Gasteiger partial charge in [0.25, 0.3) is 0 Å². The lowest BCUT2D eigenvalue weighted by molar-refractivity contribution is 0.112. The Hall–Kier alpha value is -2.17. The molecule has 0 aliphatic rings. The monoisotopic (exact) mass is 204 g/mol. The SMILES string of the molecule is C/C(=N/N=C(N)N)c1ccc(C=O)cc1. The Kier molecular flexibility index (Phi) is 3.56. The molecule has 1 aromatic rings. The van der Waals surface area contributed by atoms with Crippen LogP contribution >= 0.6 is 0 Å². The fourth-order valence-electron chi connectivity index (χ4n) is 0.993. The maximum atomic E-state index is 10.4. The number of hydrogen-bond donors (Lipinski definition) is 2. The molecular formula is C10H12N4O. The van der Waals surface area contributed by atoms with Crippen LogP contribution in [-0.2, 0) is 0 Å². The third-order valence-electron chi connectivity index (χ3n) is 1.78. The second-order valence-electron chi connectivity index (χ2n) is 2.95. The number of nitrogens with two attached hydrogens (primary N) is 2. The van der Waals surface area contributed by atoms with Crippen LogP contribution in [0.3, 0.4) is 0 Å². The average molecular weight is 204 g/mol. The quantitative estimate of drug-likeness (QED) is 0.325. The molecule has 0 saturated carbocycles. The normalized spacial score (nSPS) is 10.9. The second kappa shape index (κ2) is 4.90. The highest BCUT2D eigenvalue weighted by atomic mass is 16.1. The first kappa shape index (κ1) is 10.9. The van der Waals surface area contributed by atoms with Crippen LogP contribution in [0.2, 0.25) is 0 Å². The van der Waals surface area contributed by atoms with E-state index >= 15 is 0 Å². The van der Waals surface area contributed by atoms with Gasteiger partial charge < -0.3 is 11.5 Å². The smallest absolute Gasteiger partial charge is 0.211 e. The molecule has 5 nitrogen and oxygen atoms in total. The van der Waals surface area contributed by atoms with Crippen LogP contribution in [0.5, 0.6) is 0 Å². The summed E-state index contributed by atoms with van der Waals surface area (Å²) in [6, 6.07) is 6.98. The summed E-state index contributed by atoms with van der Waals surface area (Å²) >= 11 is 0. The minimum atomic E-state index is -0.0844. The van der Waals surface area contributed by atoms with Crippen molar-refractivity contribution in [3.8, 4) is 0 Å². The number of aldehydes is 1. The molecule has 0 atom stereocenters. The van der Waals surface area contributed by atoms with Crippen LogP contribution in [0.4, 0.5) is 0 Å². The number of rotatable bonds is 3. The molecule has 5 heteroatoms. The molecule has 1 aromatic carbocycles. The zero-order valence-corrected chi connectivity index (χ0v) is 8.34. The fraction of sp³-hybridized carbons (Fsp3) is 0.100. The van der Waals surface area contributed by atoms with Crippen molar-refractivity contribution in [2.75, 3.05) is 0 Å². The van der Waals surface area contributed by atoms with Crippen LogP contribution < -0.4 is 11.5 Å². The van der Waals surface area contributed by atoms with Gasteiger partial charge in [-0.2, -0.15) is 5.10 Å². The van der Waals surface area contributed by atoms with E-state index in [1.54, 1.807) is 31.2 Å². The van der Waals surface area contributed by atoms with E-state index in [9.17, 15) is 4.79 Å². The van der Waals surface area contributed by atoms with Gasteiger partial charge in [-0.1, -0.05) is 24.3 Å². The highest BCUT2D eigenvalue weighted by Crippen LogP contribution is 2.04. The first-order chi connectivity index (χ1) is 7.13. The summed E-state index contributed by atoms with van der Waals surface area (Å²) in [7, 11) is 0. The highest BCUT2D eigenvalue weighted by molar-refractivity contribution is 5.99. The van der Waals surface area contributed by atoms with Crippen molar-refractivity contribution in [2.24, 2.45) is 21.7 Å². The molecule has 0 radical (unpaired) electrons. The highest BCUT2D eigenvalue weighted by Gasteiger charge is 1.97. The molecule has 0 bridgehead atoms. The lowest BCUT2D eigenvalue weighted by Gasteiger charge is -1.98. The van der Waals surface area contributed by atoms with E-state index < -0.39 is 0 Å². The number of guanidine groups is 1. The summed E-state index contributed by atoms with van der Waals surface area (Å²) in [5.41, 5.74) is 12.4. The zero-order valence-electron chi connectivity index (χ0n) is 8.34. The molecule has 0 aliphatic carbocycles. The summed E-state index contributed by atoms with van der Waals surface area (Å²) < 4.78 is 0. The minimum absolute atomic E-state index is 0.0844. The Bertz CT molecular complexity index is 402. The first-order valence-corrected chi connectivity index (χ1v) is 4.32. The molecule has 15 heavy (non-hydrogen) atoms. The van der Waals surface area contributed by atoms with Gasteiger partial charge in [-0.3, -0.25) is 4.79 Å². The van der Waals surface area contributed by atoms with E-state index in [2.05, 4.69) is 10.2 Å². The van der Waals surface area contributed by atoms with Crippen LogP contribution in [0, 0.1) is 0 Å². The van der Waals surface area contributed by atoms with E-state index in [-0.39, 0.29) is 5.96 Å². The molecule has 0 amide bonds. The molecule has 0 heterocycles. The van der Waals surface area contributed by atoms with E-state index in [0.29, 0.717) is 11.3 Å². The number of nitrogens with zero attached hydrogens (tertiary/aromatic N) is 2. The van der Waals surface area contributed by atoms with Crippen molar-refractivity contribution in [1.29, 1.82) is 0 Å². The van der Waals surface area contributed by atoms with Gasteiger partial charge in [0.05, 0.1) is 5.71 Å². The van der Waals surface area contributed by atoms with Crippen LogP contribution in [0.25, 0.3) is 0 Å². The molecule has 0 spiro atoms. The molecule has 0 aromatic heterocycles. The van der Waals surface area contributed by atoms with Gasteiger partial charge in [-0.15, -0.1) is 5.10 Å². The lowest BCUT2D eigenvalue weighted by Crippen LogP contribution is -2.22. The summed E-state index contributed by atoms with van der Waals surface area (Å²) in [5, 5.41) is 7.35. The summed E-state index contributed by atoms with van der Waals surface area (Å²) in [5.74, 6) is -0.0844. The van der Waals surface area contributed by atoms with Gasteiger partial charge in [0.2, 0.25) is 5.96 Å². The zero-order chi connectivity index (χ0) is 11.3. The van der Waals surface area contributed by atoms with Gasteiger partial charge in [0.1, 0.15) is 6.29 Å². The molecule has 4 N–H and O–H groups in total. The van der Waals surface area contributed by atoms with Gasteiger partial charge >= 0.3 is 0 Å². The molecule has 0 unspecified atom stereocenters. The molecule has 1 rings (SSSR count). The van der Waals surface area contributed by atoms with Crippen LogP contribution in [0.15, 0.2) is 34.5 Å². The van der Waals surface area contributed by atoms with E-state index in [4.69, 9.17) is 11.5 Å². The second-order valence-corrected chi connectivity index (χ2v) is 2.95. The van der Waals surface area contributed by atoms with Gasteiger partial charge in [-0.05, 0) is 12.5 Å². The van der Waals surface area contributed by atoms with Crippen molar-refractivity contribution >= 4 is 18.0 Å². The van der Waals surface area contributed by atoms with Crippen molar-refractivity contribution in [2.45, 2.75) is 6.92 Å². The van der Waals surface area contributed by atoms with Crippen LogP contribution in [0.1, 0.15) is 22.8 Å². The predicted octanol–water partition coefficient (Wildman–Crippen LogP) is 0.497. The maximum absolute atomic E-state index is 10.4. The Labute approximate surface area is 87.5 Å². The minimum Gasteiger partial charge on any atom is -0.369 e. The Morgan fingerprint density at radius 2 is 1.80 bits per heavy atom. The third kappa shape index (κ3) is 3.22. The number of carbonyl (C=O) groups excluding carboxylic acids is 1. The number of hydrogen-bond acceptors (Lipinski definition) is 3. The molecule has 0 saturated heterocycles.